The number of rotatable bonds is 3. The molecule has 1 amide bonds. The van der Waals surface area contributed by atoms with E-state index in [4.69, 9.17) is 11.6 Å². The van der Waals surface area contributed by atoms with E-state index in [1.54, 1.807) is 12.3 Å². The fourth-order valence-corrected chi connectivity index (χ4v) is 2.38. The largest absolute Gasteiger partial charge is 0.347 e. The minimum Gasteiger partial charge on any atom is -0.347 e. The molecule has 0 bridgehead atoms. The zero-order chi connectivity index (χ0) is 12.3. The normalized spacial score (nSPS) is 20.2. The molecule has 17 heavy (non-hydrogen) atoms. The van der Waals surface area contributed by atoms with E-state index < -0.39 is 0 Å². The van der Waals surface area contributed by atoms with Gasteiger partial charge in [0.25, 0.3) is 5.91 Å². The average Bonchev–Trinajstić information content (AvgIpc) is 2.72. The van der Waals surface area contributed by atoms with Gasteiger partial charge in [0, 0.05) is 25.3 Å². The molecule has 1 aliphatic rings. The third-order valence-electron chi connectivity index (χ3n) is 3.07. The van der Waals surface area contributed by atoms with E-state index in [-0.39, 0.29) is 11.9 Å². The second-order valence-electron chi connectivity index (χ2n) is 4.35. The van der Waals surface area contributed by atoms with E-state index in [0.29, 0.717) is 10.7 Å². The standard InChI is InChI=1S/C12H18ClN3O/c1-2-16-8-9(13)6-11(16)12(17)15-10-4-3-5-14-7-10/h6,8,10,14H,2-5,7H2,1H3,(H,15,17)/t10-/m1/s1. The van der Waals surface area contributed by atoms with Gasteiger partial charge in [0.2, 0.25) is 0 Å². The molecule has 1 fully saturated rings. The number of nitrogens with one attached hydrogen (secondary N) is 2. The molecule has 1 atom stereocenters. The van der Waals surface area contributed by atoms with Gasteiger partial charge in [-0.1, -0.05) is 11.6 Å². The molecule has 1 saturated heterocycles. The molecular weight excluding hydrogens is 238 g/mol. The van der Waals surface area contributed by atoms with E-state index in [1.807, 2.05) is 11.5 Å². The van der Waals surface area contributed by atoms with Crippen LogP contribution in [0.25, 0.3) is 0 Å². The first-order chi connectivity index (χ1) is 8.20. The summed E-state index contributed by atoms with van der Waals surface area (Å²) in [6.45, 7) is 4.64. The highest BCUT2D eigenvalue weighted by atomic mass is 35.5. The Hall–Kier alpha value is -1.00. The Labute approximate surface area is 106 Å². The molecule has 2 heterocycles. The summed E-state index contributed by atoms with van der Waals surface area (Å²) >= 11 is 5.92. The van der Waals surface area contributed by atoms with Gasteiger partial charge in [-0.2, -0.15) is 0 Å². The van der Waals surface area contributed by atoms with Crippen LogP contribution in [0.2, 0.25) is 5.02 Å². The average molecular weight is 256 g/mol. The van der Waals surface area contributed by atoms with Crippen molar-refractivity contribution < 1.29 is 4.79 Å². The molecule has 5 heteroatoms. The molecule has 0 saturated carbocycles. The van der Waals surface area contributed by atoms with Gasteiger partial charge in [-0.3, -0.25) is 4.79 Å². The van der Waals surface area contributed by atoms with Gasteiger partial charge in [0.1, 0.15) is 5.69 Å². The molecule has 0 aromatic carbocycles. The lowest BCUT2D eigenvalue weighted by atomic mass is 10.1. The Kier molecular flexibility index (Phi) is 4.07. The lowest BCUT2D eigenvalue weighted by Gasteiger charge is -2.23. The van der Waals surface area contributed by atoms with Gasteiger partial charge in [-0.15, -0.1) is 0 Å². The molecule has 0 spiro atoms. The molecule has 94 valence electrons. The summed E-state index contributed by atoms with van der Waals surface area (Å²) < 4.78 is 1.87. The maximum Gasteiger partial charge on any atom is 0.268 e. The Morgan fingerprint density at radius 3 is 3.18 bits per heavy atom. The van der Waals surface area contributed by atoms with Crippen LogP contribution in [0, 0.1) is 0 Å². The number of aryl methyl sites for hydroxylation is 1. The van der Waals surface area contributed by atoms with Crippen LogP contribution < -0.4 is 10.6 Å². The summed E-state index contributed by atoms with van der Waals surface area (Å²) in [6, 6.07) is 1.95. The van der Waals surface area contributed by atoms with Crippen LogP contribution in [0.15, 0.2) is 12.3 Å². The van der Waals surface area contributed by atoms with Gasteiger partial charge in [-0.25, -0.2) is 0 Å². The summed E-state index contributed by atoms with van der Waals surface area (Å²) in [5.41, 5.74) is 0.642. The van der Waals surface area contributed by atoms with E-state index in [0.717, 1.165) is 32.5 Å². The van der Waals surface area contributed by atoms with Gasteiger partial charge in [0.15, 0.2) is 0 Å². The van der Waals surface area contributed by atoms with Gasteiger partial charge < -0.3 is 15.2 Å². The van der Waals surface area contributed by atoms with Crippen molar-refractivity contribution in [2.45, 2.75) is 32.4 Å². The molecule has 1 aliphatic heterocycles. The summed E-state index contributed by atoms with van der Waals surface area (Å²) in [5, 5.41) is 6.93. The highest BCUT2D eigenvalue weighted by Crippen LogP contribution is 2.14. The van der Waals surface area contributed by atoms with Crippen molar-refractivity contribution in [1.82, 2.24) is 15.2 Å². The maximum atomic E-state index is 12.1. The molecule has 1 aromatic rings. The van der Waals surface area contributed by atoms with Crippen molar-refractivity contribution in [2.24, 2.45) is 0 Å². The number of aromatic nitrogens is 1. The van der Waals surface area contributed by atoms with Gasteiger partial charge >= 0.3 is 0 Å². The van der Waals surface area contributed by atoms with Crippen molar-refractivity contribution in [3.63, 3.8) is 0 Å². The minimum atomic E-state index is -0.0348. The number of nitrogens with zero attached hydrogens (tertiary/aromatic N) is 1. The van der Waals surface area contributed by atoms with Crippen molar-refractivity contribution in [3.8, 4) is 0 Å². The Morgan fingerprint density at radius 1 is 1.71 bits per heavy atom. The Morgan fingerprint density at radius 2 is 2.53 bits per heavy atom. The zero-order valence-electron chi connectivity index (χ0n) is 10.0. The lowest BCUT2D eigenvalue weighted by molar-refractivity contribution is 0.0921. The zero-order valence-corrected chi connectivity index (χ0v) is 10.8. The van der Waals surface area contributed by atoms with Crippen molar-refractivity contribution in [2.75, 3.05) is 13.1 Å². The summed E-state index contributed by atoms with van der Waals surface area (Å²) in [5.74, 6) is -0.0348. The van der Waals surface area contributed by atoms with Crippen molar-refractivity contribution in [3.05, 3.63) is 23.0 Å². The lowest BCUT2D eigenvalue weighted by Crippen LogP contribution is -2.46. The summed E-state index contributed by atoms with van der Waals surface area (Å²) in [7, 11) is 0. The SMILES string of the molecule is CCn1cc(Cl)cc1C(=O)N[C@@H]1CCCNC1. The van der Waals surface area contributed by atoms with Crippen molar-refractivity contribution in [1.29, 1.82) is 0 Å². The third-order valence-corrected chi connectivity index (χ3v) is 3.28. The Balaban J connectivity index is 2.02. The van der Waals surface area contributed by atoms with Crippen molar-refractivity contribution >= 4 is 17.5 Å². The van der Waals surface area contributed by atoms with Crippen LogP contribution in [0.4, 0.5) is 0 Å². The molecule has 2 rings (SSSR count). The van der Waals surface area contributed by atoms with Gasteiger partial charge in [0.05, 0.1) is 5.02 Å². The fraction of sp³-hybridized carbons (Fsp3) is 0.583. The highest BCUT2D eigenvalue weighted by molar-refractivity contribution is 6.31. The summed E-state index contributed by atoms with van der Waals surface area (Å²) in [6.07, 6.45) is 3.94. The second-order valence-corrected chi connectivity index (χ2v) is 4.78. The Bertz CT molecular complexity index is 396. The van der Waals surface area contributed by atoms with Crippen LogP contribution >= 0.6 is 11.6 Å². The molecule has 0 radical (unpaired) electrons. The first kappa shape index (κ1) is 12.5. The second kappa shape index (κ2) is 5.56. The maximum absolute atomic E-state index is 12.1. The number of carbonyl (C=O) groups excluding carboxylic acids is 1. The molecule has 0 unspecified atom stereocenters. The molecule has 4 nitrogen and oxygen atoms in total. The smallest absolute Gasteiger partial charge is 0.268 e. The quantitative estimate of drug-likeness (QED) is 0.863. The molecular formula is C12H18ClN3O. The van der Waals surface area contributed by atoms with Crippen LogP contribution in [0.1, 0.15) is 30.3 Å². The van der Waals surface area contributed by atoms with Crippen LogP contribution in [-0.2, 0) is 6.54 Å². The first-order valence-electron chi connectivity index (χ1n) is 6.08. The molecule has 2 N–H and O–H groups in total. The van der Waals surface area contributed by atoms with Crippen LogP contribution in [0.5, 0.6) is 0 Å². The summed E-state index contributed by atoms with van der Waals surface area (Å²) in [4.78, 5) is 12.1. The van der Waals surface area contributed by atoms with Crippen LogP contribution in [0.3, 0.4) is 0 Å². The predicted octanol–water partition coefficient (Wildman–Crippen LogP) is 1.64. The van der Waals surface area contributed by atoms with E-state index in [2.05, 4.69) is 10.6 Å². The molecule has 1 aromatic heterocycles. The van der Waals surface area contributed by atoms with Gasteiger partial charge in [-0.05, 0) is 32.4 Å². The van der Waals surface area contributed by atoms with E-state index in [9.17, 15) is 4.79 Å². The topological polar surface area (TPSA) is 46.1 Å². The first-order valence-corrected chi connectivity index (χ1v) is 6.45. The highest BCUT2D eigenvalue weighted by Gasteiger charge is 2.18. The third kappa shape index (κ3) is 3.01. The van der Waals surface area contributed by atoms with E-state index >= 15 is 0 Å². The number of hydrogen-bond donors (Lipinski definition) is 2. The monoisotopic (exact) mass is 255 g/mol. The fourth-order valence-electron chi connectivity index (χ4n) is 2.16. The number of piperidine rings is 1. The number of hydrogen-bond acceptors (Lipinski definition) is 2. The predicted molar refractivity (Wildman–Crippen MR) is 68.5 cm³/mol. The molecule has 0 aliphatic carbocycles. The minimum absolute atomic E-state index is 0.0348. The van der Waals surface area contributed by atoms with Crippen LogP contribution in [-0.4, -0.2) is 29.6 Å². The number of amides is 1. The van der Waals surface area contributed by atoms with E-state index in [1.165, 1.54) is 0 Å². The number of halogens is 1. The number of carbonyl (C=O) groups is 1.